The van der Waals surface area contributed by atoms with Gasteiger partial charge in [-0.2, -0.15) is 5.10 Å². The molecular weight excluding hydrogens is 526 g/mol. The van der Waals surface area contributed by atoms with Crippen LogP contribution in [0.25, 0.3) is 32.8 Å². The number of hydrogen-bond donors (Lipinski definition) is 1. The summed E-state index contributed by atoms with van der Waals surface area (Å²) in [6.45, 7) is 3.58. The standard InChI is InChI=1S/C32H30ClN3O4/c1-20-28-26(34-35(20)2)19-39-17-6-5-16-36-30-24(14-15-25(33)29(28)30)23(31(36)32(37)38)12-8-18-40-27-13-7-10-21-9-3-4-11-22(21)27/h3-7,9-11,13-15H,8,12,16-19H2,1-2H3,(H,37,38)/b6-5-. The van der Waals surface area contributed by atoms with Gasteiger partial charge in [0.1, 0.15) is 11.4 Å². The molecule has 1 N–H and O–H groups in total. The van der Waals surface area contributed by atoms with Gasteiger partial charge in [-0.25, -0.2) is 4.79 Å². The molecule has 6 rings (SSSR count). The van der Waals surface area contributed by atoms with E-state index < -0.39 is 5.97 Å². The number of carboxylic acids is 1. The number of rotatable bonds is 6. The Kier molecular flexibility index (Phi) is 7.09. The van der Waals surface area contributed by atoms with E-state index >= 15 is 0 Å². The number of carbonyl (C=O) groups is 1. The van der Waals surface area contributed by atoms with Crippen molar-refractivity contribution < 1.29 is 19.4 Å². The van der Waals surface area contributed by atoms with Crippen LogP contribution in [0, 0.1) is 6.92 Å². The Morgan fingerprint density at radius 2 is 1.90 bits per heavy atom. The zero-order chi connectivity index (χ0) is 27.8. The molecule has 3 heterocycles. The summed E-state index contributed by atoms with van der Waals surface area (Å²) in [7, 11) is 1.89. The summed E-state index contributed by atoms with van der Waals surface area (Å²) in [6, 6.07) is 17.9. The summed E-state index contributed by atoms with van der Waals surface area (Å²) in [5.74, 6) is -0.139. The van der Waals surface area contributed by atoms with Crippen LogP contribution in [0.4, 0.5) is 0 Å². The van der Waals surface area contributed by atoms with E-state index in [0.29, 0.717) is 44.2 Å². The number of nitrogens with zero attached hydrogens (tertiary/aromatic N) is 3. The van der Waals surface area contributed by atoms with Crippen molar-refractivity contribution in [3.8, 4) is 16.9 Å². The van der Waals surface area contributed by atoms with Gasteiger partial charge in [0.25, 0.3) is 0 Å². The Hall–Kier alpha value is -4.07. The molecule has 0 radical (unpaired) electrons. The maximum atomic E-state index is 12.8. The molecule has 3 aromatic carbocycles. The first kappa shape index (κ1) is 26.2. The second kappa shape index (κ2) is 10.8. The van der Waals surface area contributed by atoms with Crippen molar-refractivity contribution in [3.05, 3.63) is 94.4 Å². The minimum atomic E-state index is -0.967. The number of hydrogen-bond acceptors (Lipinski definition) is 4. The van der Waals surface area contributed by atoms with Crippen LogP contribution in [0.3, 0.4) is 0 Å². The maximum absolute atomic E-state index is 12.8. The molecule has 1 aliphatic rings. The maximum Gasteiger partial charge on any atom is 0.352 e. The third kappa shape index (κ3) is 4.55. The van der Waals surface area contributed by atoms with Gasteiger partial charge in [0.05, 0.1) is 36.1 Å². The molecule has 0 atom stereocenters. The largest absolute Gasteiger partial charge is 0.493 e. The third-order valence-corrected chi connectivity index (χ3v) is 7.94. The van der Waals surface area contributed by atoms with Gasteiger partial charge in [-0.3, -0.25) is 4.68 Å². The van der Waals surface area contributed by atoms with Gasteiger partial charge in [-0.05, 0) is 42.8 Å². The number of carboxylic acid groups (broad SMARTS) is 1. The Labute approximate surface area is 237 Å². The van der Waals surface area contributed by atoms with E-state index in [1.807, 2.05) is 77.8 Å². The highest BCUT2D eigenvalue weighted by atomic mass is 35.5. The highest BCUT2D eigenvalue weighted by Gasteiger charge is 2.28. The molecule has 40 heavy (non-hydrogen) atoms. The average molecular weight is 556 g/mol. The van der Waals surface area contributed by atoms with Crippen LogP contribution in [0.1, 0.15) is 33.9 Å². The van der Waals surface area contributed by atoms with Gasteiger partial charge in [-0.15, -0.1) is 0 Å². The quantitative estimate of drug-likeness (QED) is 0.181. The molecule has 0 saturated heterocycles. The van der Waals surface area contributed by atoms with Crippen molar-refractivity contribution in [2.24, 2.45) is 7.05 Å². The van der Waals surface area contributed by atoms with Gasteiger partial charge in [-0.1, -0.05) is 66.2 Å². The molecule has 5 aromatic rings. The molecule has 0 unspecified atom stereocenters. The highest BCUT2D eigenvalue weighted by molar-refractivity contribution is 6.35. The fourth-order valence-corrected chi connectivity index (χ4v) is 5.98. The fourth-order valence-electron chi connectivity index (χ4n) is 5.74. The van der Waals surface area contributed by atoms with E-state index in [-0.39, 0.29) is 5.69 Å². The van der Waals surface area contributed by atoms with Crippen LogP contribution in [0.5, 0.6) is 5.75 Å². The Morgan fingerprint density at radius 3 is 2.75 bits per heavy atom. The lowest BCUT2D eigenvalue weighted by molar-refractivity contribution is 0.0685. The molecule has 0 fully saturated rings. The Balaban J connectivity index is 1.43. The van der Waals surface area contributed by atoms with E-state index in [2.05, 4.69) is 12.1 Å². The number of aromatic carboxylic acids is 1. The number of halogens is 1. The number of aromatic nitrogens is 3. The molecule has 0 bridgehead atoms. The van der Waals surface area contributed by atoms with Crippen molar-refractivity contribution in [3.63, 3.8) is 0 Å². The summed E-state index contributed by atoms with van der Waals surface area (Å²) in [4.78, 5) is 12.8. The molecule has 0 spiro atoms. The number of benzene rings is 3. The second-order valence-corrected chi connectivity index (χ2v) is 10.4. The van der Waals surface area contributed by atoms with E-state index in [9.17, 15) is 9.90 Å². The van der Waals surface area contributed by atoms with Crippen LogP contribution >= 0.6 is 11.6 Å². The monoisotopic (exact) mass is 555 g/mol. The van der Waals surface area contributed by atoms with E-state index in [1.54, 1.807) is 0 Å². The van der Waals surface area contributed by atoms with Crippen LogP contribution in [-0.2, 0) is 31.4 Å². The van der Waals surface area contributed by atoms with Gasteiger partial charge < -0.3 is 19.1 Å². The van der Waals surface area contributed by atoms with Crippen molar-refractivity contribution in [2.45, 2.75) is 32.9 Å². The zero-order valence-electron chi connectivity index (χ0n) is 22.5. The van der Waals surface area contributed by atoms with Crippen LogP contribution in [-0.4, -0.2) is 38.6 Å². The van der Waals surface area contributed by atoms with Gasteiger partial charge in [0, 0.05) is 41.2 Å². The summed E-state index contributed by atoms with van der Waals surface area (Å²) >= 11 is 6.89. The predicted octanol–water partition coefficient (Wildman–Crippen LogP) is 6.95. The van der Waals surface area contributed by atoms with Gasteiger partial charge in [0.2, 0.25) is 0 Å². The first-order chi connectivity index (χ1) is 19.5. The number of aryl methyl sites for hydroxylation is 2. The van der Waals surface area contributed by atoms with Crippen LogP contribution in [0.15, 0.2) is 66.7 Å². The molecule has 204 valence electrons. The first-order valence-corrected chi connectivity index (χ1v) is 13.8. The summed E-state index contributed by atoms with van der Waals surface area (Å²) < 4.78 is 15.7. The minimum absolute atomic E-state index is 0.275. The molecule has 7 nitrogen and oxygen atoms in total. The van der Waals surface area contributed by atoms with Crippen molar-refractivity contribution in [1.29, 1.82) is 0 Å². The molecule has 2 aromatic heterocycles. The number of fused-ring (bicyclic) bond motifs is 3. The molecule has 1 aliphatic heterocycles. The Morgan fingerprint density at radius 1 is 1.07 bits per heavy atom. The Bertz CT molecular complexity index is 1780. The van der Waals surface area contributed by atoms with Crippen molar-refractivity contribution >= 4 is 39.2 Å². The topological polar surface area (TPSA) is 78.5 Å². The average Bonchev–Trinajstić information content (AvgIpc) is 3.40. The van der Waals surface area contributed by atoms with Gasteiger partial charge >= 0.3 is 5.97 Å². The van der Waals surface area contributed by atoms with Crippen LogP contribution < -0.4 is 4.74 Å². The SMILES string of the molecule is Cc1c2c(nn1C)COC/C=C\Cn1c(C(=O)O)c(CCCOc3cccc4ccccc34)c3ccc(Cl)c-2c31. The lowest BCUT2D eigenvalue weighted by Gasteiger charge is -2.12. The lowest BCUT2D eigenvalue weighted by Crippen LogP contribution is -2.11. The molecule has 0 amide bonds. The molecule has 0 aliphatic carbocycles. The summed E-state index contributed by atoms with van der Waals surface area (Å²) in [5.41, 5.74) is 5.26. The first-order valence-electron chi connectivity index (χ1n) is 13.4. The van der Waals surface area contributed by atoms with E-state index in [1.165, 1.54) is 0 Å². The lowest BCUT2D eigenvalue weighted by atomic mass is 9.98. The number of allylic oxidation sites excluding steroid dienone is 1. The molecule has 8 heteroatoms. The van der Waals surface area contributed by atoms with Crippen molar-refractivity contribution in [1.82, 2.24) is 14.3 Å². The van der Waals surface area contributed by atoms with E-state index in [0.717, 1.165) is 55.5 Å². The molecule has 0 saturated carbocycles. The molecular formula is C32H30ClN3O4. The zero-order valence-corrected chi connectivity index (χ0v) is 23.2. The summed E-state index contributed by atoms with van der Waals surface area (Å²) in [5, 5.41) is 18.8. The van der Waals surface area contributed by atoms with Crippen LogP contribution in [0.2, 0.25) is 5.02 Å². The highest BCUT2D eigenvalue weighted by Crippen LogP contribution is 2.42. The minimum Gasteiger partial charge on any atom is -0.493 e. The van der Waals surface area contributed by atoms with E-state index in [4.69, 9.17) is 26.2 Å². The summed E-state index contributed by atoms with van der Waals surface area (Å²) in [6.07, 6.45) is 5.06. The van der Waals surface area contributed by atoms with Gasteiger partial charge in [0.15, 0.2) is 0 Å². The normalized spacial score (nSPS) is 14.2. The number of ether oxygens (including phenoxy) is 2. The van der Waals surface area contributed by atoms with Crippen molar-refractivity contribution in [2.75, 3.05) is 13.2 Å². The fraction of sp³-hybridized carbons (Fsp3) is 0.250. The predicted molar refractivity (Wildman–Crippen MR) is 157 cm³/mol. The third-order valence-electron chi connectivity index (χ3n) is 7.62. The second-order valence-electron chi connectivity index (χ2n) is 10.0. The smallest absolute Gasteiger partial charge is 0.352 e.